The molecule has 0 N–H and O–H groups in total. The number of hydrogen-bond acceptors (Lipinski definition) is 0. The molecule has 2 rings (SSSR count). The highest BCUT2D eigenvalue weighted by Crippen LogP contribution is 2.65. The van der Waals surface area contributed by atoms with Gasteiger partial charge in [0.15, 0.2) is 0 Å². The van der Waals surface area contributed by atoms with Crippen LogP contribution < -0.4 is 0 Å². The quantitative estimate of drug-likeness (QED) is 0.501. The van der Waals surface area contributed by atoms with E-state index in [1.165, 1.54) is 37.7 Å². The van der Waals surface area contributed by atoms with E-state index in [0.29, 0.717) is 4.32 Å². The SMILES string of the molecule is CC(C)=CCC1(Br)[C@@H]2CCCC[C@@H]21. The van der Waals surface area contributed by atoms with Crippen LogP contribution in [0, 0.1) is 11.8 Å². The summed E-state index contributed by atoms with van der Waals surface area (Å²) in [5.41, 5.74) is 1.46. The fourth-order valence-electron chi connectivity index (χ4n) is 2.84. The van der Waals surface area contributed by atoms with Gasteiger partial charge in [0, 0.05) is 4.32 Å². The first-order valence-electron chi connectivity index (χ1n) is 5.47. The first-order chi connectivity index (χ1) is 6.14. The van der Waals surface area contributed by atoms with Crippen molar-refractivity contribution < 1.29 is 0 Å². The van der Waals surface area contributed by atoms with Gasteiger partial charge in [-0.3, -0.25) is 0 Å². The van der Waals surface area contributed by atoms with Crippen LogP contribution in [0.25, 0.3) is 0 Å². The number of hydrogen-bond donors (Lipinski definition) is 0. The molecule has 2 saturated carbocycles. The molecule has 0 aromatic heterocycles. The molecular weight excluding hydrogens is 224 g/mol. The summed E-state index contributed by atoms with van der Waals surface area (Å²) in [6, 6.07) is 0. The fourth-order valence-corrected chi connectivity index (χ4v) is 3.97. The number of rotatable bonds is 2. The molecule has 3 atom stereocenters. The molecule has 2 aliphatic rings. The second-order valence-electron chi connectivity index (χ2n) is 4.91. The maximum Gasteiger partial charge on any atom is 0.0354 e. The molecule has 0 aromatic carbocycles. The Labute approximate surface area is 89.9 Å². The van der Waals surface area contributed by atoms with Gasteiger partial charge in [0.25, 0.3) is 0 Å². The lowest BCUT2D eigenvalue weighted by Gasteiger charge is -2.05. The summed E-state index contributed by atoms with van der Waals surface area (Å²) in [6.07, 6.45) is 9.50. The van der Waals surface area contributed by atoms with Crippen molar-refractivity contribution >= 4 is 15.9 Å². The van der Waals surface area contributed by atoms with Gasteiger partial charge in [-0.25, -0.2) is 0 Å². The van der Waals surface area contributed by atoms with E-state index in [0.717, 1.165) is 11.8 Å². The molecule has 2 fully saturated rings. The van der Waals surface area contributed by atoms with E-state index < -0.39 is 0 Å². The highest BCUT2D eigenvalue weighted by atomic mass is 79.9. The molecule has 0 aliphatic heterocycles. The largest absolute Gasteiger partial charge is 0.0845 e. The number of halogens is 1. The van der Waals surface area contributed by atoms with Crippen molar-refractivity contribution in [1.29, 1.82) is 0 Å². The lowest BCUT2D eigenvalue weighted by atomic mass is 10.0. The lowest BCUT2D eigenvalue weighted by Crippen LogP contribution is -2.00. The van der Waals surface area contributed by atoms with Crippen LogP contribution in [0.1, 0.15) is 46.0 Å². The summed E-state index contributed by atoms with van der Waals surface area (Å²) in [6.45, 7) is 4.39. The third kappa shape index (κ3) is 1.72. The van der Waals surface area contributed by atoms with Gasteiger partial charge in [-0.15, -0.1) is 0 Å². The Balaban J connectivity index is 1.96. The summed E-state index contributed by atoms with van der Waals surface area (Å²) in [4.78, 5) is 0. The van der Waals surface area contributed by atoms with E-state index in [1.54, 1.807) is 0 Å². The van der Waals surface area contributed by atoms with Gasteiger partial charge in [0.05, 0.1) is 0 Å². The minimum Gasteiger partial charge on any atom is -0.0845 e. The Morgan fingerprint density at radius 1 is 1.31 bits per heavy atom. The maximum absolute atomic E-state index is 3.97. The van der Waals surface area contributed by atoms with Crippen LogP contribution in [0.15, 0.2) is 11.6 Å². The van der Waals surface area contributed by atoms with Gasteiger partial charge in [0.1, 0.15) is 0 Å². The summed E-state index contributed by atoms with van der Waals surface area (Å²) >= 11 is 3.97. The molecule has 0 heterocycles. The molecule has 0 bridgehead atoms. The van der Waals surface area contributed by atoms with Crippen LogP contribution >= 0.6 is 15.9 Å². The van der Waals surface area contributed by atoms with Crippen LogP contribution in [0.5, 0.6) is 0 Å². The number of alkyl halides is 1. The van der Waals surface area contributed by atoms with Crippen molar-refractivity contribution in [2.45, 2.75) is 50.3 Å². The van der Waals surface area contributed by atoms with Crippen molar-refractivity contribution in [3.05, 3.63) is 11.6 Å². The number of fused-ring (bicyclic) bond motifs is 1. The van der Waals surface area contributed by atoms with Gasteiger partial charge >= 0.3 is 0 Å². The Kier molecular flexibility index (Phi) is 2.57. The van der Waals surface area contributed by atoms with Crippen molar-refractivity contribution in [2.24, 2.45) is 11.8 Å². The van der Waals surface area contributed by atoms with Crippen LogP contribution in [0.4, 0.5) is 0 Å². The molecule has 2 aliphatic carbocycles. The molecule has 1 unspecified atom stereocenters. The Morgan fingerprint density at radius 3 is 2.31 bits per heavy atom. The smallest absolute Gasteiger partial charge is 0.0354 e. The van der Waals surface area contributed by atoms with Gasteiger partial charge in [0.2, 0.25) is 0 Å². The van der Waals surface area contributed by atoms with E-state index in [2.05, 4.69) is 35.9 Å². The van der Waals surface area contributed by atoms with Crippen LogP contribution in [-0.4, -0.2) is 4.32 Å². The van der Waals surface area contributed by atoms with E-state index >= 15 is 0 Å². The summed E-state index contributed by atoms with van der Waals surface area (Å²) in [5, 5.41) is 0. The Bertz CT molecular complexity index is 213. The minimum atomic E-state index is 0.515. The zero-order valence-corrected chi connectivity index (χ0v) is 10.2. The average molecular weight is 243 g/mol. The predicted octanol–water partition coefficient (Wildman–Crippen LogP) is 4.30. The fraction of sp³-hybridized carbons (Fsp3) is 0.833. The lowest BCUT2D eigenvalue weighted by molar-refractivity contribution is 0.480. The van der Waals surface area contributed by atoms with Gasteiger partial charge in [-0.05, 0) is 44.9 Å². The molecule has 1 heteroatoms. The second-order valence-corrected chi connectivity index (χ2v) is 6.39. The van der Waals surface area contributed by atoms with Crippen molar-refractivity contribution in [1.82, 2.24) is 0 Å². The highest BCUT2D eigenvalue weighted by Gasteiger charge is 2.61. The minimum absolute atomic E-state index is 0.515. The third-order valence-electron chi connectivity index (χ3n) is 3.71. The second kappa shape index (κ2) is 3.42. The first kappa shape index (κ1) is 9.76. The first-order valence-corrected chi connectivity index (χ1v) is 6.26. The topological polar surface area (TPSA) is 0 Å². The predicted molar refractivity (Wildman–Crippen MR) is 61.2 cm³/mol. The van der Waals surface area contributed by atoms with E-state index in [9.17, 15) is 0 Å². The Morgan fingerprint density at radius 2 is 1.85 bits per heavy atom. The van der Waals surface area contributed by atoms with E-state index in [1.807, 2.05) is 0 Å². The third-order valence-corrected chi connectivity index (χ3v) is 5.21. The van der Waals surface area contributed by atoms with Crippen LogP contribution in [-0.2, 0) is 0 Å². The summed E-state index contributed by atoms with van der Waals surface area (Å²) in [7, 11) is 0. The highest BCUT2D eigenvalue weighted by molar-refractivity contribution is 9.10. The molecule has 0 nitrogen and oxygen atoms in total. The van der Waals surface area contributed by atoms with Crippen LogP contribution in [0.3, 0.4) is 0 Å². The molecular formula is C12H19Br. The average Bonchev–Trinajstić information content (AvgIpc) is 2.71. The van der Waals surface area contributed by atoms with E-state index in [-0.39, 0.29) is 0 Å². The zero-order valence-electron chi connectivity index (χ0n) is 8.65. The molecule has 0 spiro atoms. The standard InChI is InChI=1S/C12H19Br/c1-9(2)7-8-12(13)10-5-3-4-6-11(10)12/h7,10-11H,3-6,8H2,1-2H3/t10-,11+,12?. The molecule has 0 saturated heterocycles. The normalized spacial score (nSPS) is 42.4. The zero-order chi connectivity index (χ0) is 9.47. The Hall–Kier alpha value is 0.220. The molecule has 13 heavy (non-hydrogen) atoms. The summed E-state index contributed by atoms with van der Waals surface area (Å²) in [5.74, 6) is 1.99. The molecule has 74 valence electrons. The number of allylic oxidation sites excluding steroid dienone is 2. The molecule has 0 radical (unpaired) electrons. The van der Waals surface area contributed by atoms with E-state index in [4.69, 9.17) is 0 Å². The van der Waals surface area contributed by atoms with Gasteiger partial charge in [-0.2, -0.15) is 0 Å². The van der Waals surface area contributed by atoms with Gasteiger partial charge in [-0.1, -0.05) is 40.4 Å². The summed E-state index contributed by atoms with van der Waals surface area (Å²) < 4.78 is 0.515. The van der Waals surface area contributed by atoms with Crippen LogP contribution in [0.2, 0.25) is 0 Å². The molecule has 0 amide bonds. The molecule has 0 aromatic rings. The maximum atomic E-state index is 3.97. The van der Waals surface area contributed by atoms with Crippen molar-refractivity contribution in [2.75, 3.05) is 0 Å². The monoisotopic (exact) mass is 242 g/mol. The van der Waals surface area contributed by atoms with Gasteiger partial charge < -0.3 is 0 Å². The van der Waals surface area contributed by atoms with Crippen molar-refractivity contribution in [3.8, 4) is 0 Å². The van der Waals surface area contributed by atoms with Crippen molar-refractivity contribution in [3.63, 3.8) is 0 Å².